The molecule has 0 radical (unpaired) electrons. The van der Waals surface area contributed by atoms with Crippen molar-refractivity contribution in [3.05, 3.63) is 78.4 Å². The minimum atomic E-state index is 0.641. The van der Waals surface area contributed by atoms with Crippen LogP contribution >= 0.6 is 0 Å². The molecule has 5 nitrogen and oxygen atoms in total. The lowest BCUT2D eigenvalue weighted by atomic mass is 10.2. The fourth-order valence-corrected chi connectivity index (χ4v) is 2.46. The van der Waals surface area contributed by atoms with Crippen LogP contribution in [0.25, 0.3) is 0 Å². The Balaban J connectivity index is 1.69. The predicted octanol–water partition coefficient (Wildman–Crippen LogP) is 3.51. The Morgan fingerprint density at radius 2 is 1.79 bits per heavy atom. The number of hydrogen-bond acceptors (Lipinski definition) is 5. The van der Waals surface area contributed by atoms with Crippen molar-refractivity contribution >= 4 is 11.6 Å². The maximum Gasteiger partial charge on any atom is 0.134 e. The number of hydrogen-bond donors (Lipinski definition) is 1. The van der Waals surface area contributed by atoms with Crippen LogP contribution in [0.1, 0.15) is 18.2 Å². The molecule has 0 atom stereocenters. The van der Waals surface area contributed by atoms with E-state index in [9.17, 15) is 0 Å². The molecule has 3 aromatic rings. The zero-order valence-electron chi connectivity index (χ0n) is 13.8. The highest BCUT2D eigenvalue weighted by Gasteiger charge is 2.08. The monoisotopic (exact) mass is 319 g/mol. The van der Waals surface area contributed by atoms with Crippen LogP contribution in [-0.2, 0) is 13.1 Å². The van der Waals surface area contributed by atoms with Crippen molar-refractivity contribution in [2.24, 2.45) is 0 Å². The Hall–Kier alpha value is -2.95. The summed E-state index contributed by atoms with van der Waals surface area (Å²) < 4.78 is 0. The number of rotatable bonds is 7. The van der Waals surface area contributed by atoms with Gasteiger partial charge in [-0.1, -0.05) is 36.4 Å². The first-order valence-electron chi connectivity index (χ1n) is 8.10. The molecule has 1 N–H and O–H groups in total. The Labute approximate surface area is 142 Å². The molecule has 3 rings (SSSR count). The first-order chi connectivity index (χ1) is 11.8. The molecule has 0 unspecified atom stereocenters. The van der Waals surface area contributed by atoms with Gasteiger partial charge >= 0.3 is 0 Å². The highest BCUT2D eigenvalue weighted by molar-refractivity contribution is 5.48. The van der Waals surface area contributed by atoms with Gasteiger partial charge in [-0.15, -0.1) is 0 Å². The van der Waals surface area contributed by atoms with Crippen molar-refractivity contribution in [1.82, 2.24) is 15.0 Å². The molecule has 5 heteroatoms. The average molecular weight is 319 g/mol. The fourth-order valence-electron chi connectivity index (χ4n) is 2.46. The van der Waals surface area contributed by atoms with Gasteiger partial charge in [0.1, 0.15) is 18.0 Å². The lowest BCUT2D eigenvalue weighted by Gasteiger charge is -2.22. The molecule has 2 aromatic heterocycles. The van der Waals surface area contributed by atoms with E-state index in [0.29, 0.717) is 6.54 Å². The van der Waals surface area contributed by atoms with Crippen LogP contribution in [-0.4, -0.2) is 21.5 Å². The van der Waals surface area contributed by atoms with Gasteiger partial charge in [-0.2, -0.15) is 0 Å². The van der Waals surface area contributed by atoms with E-state index in [0.717, 1.165) is 30.4 Å². The van der Waals surface area contributed by atoms with Crippen molar-refractivity contribution in [3.63, 3.8) is 0 Å². The van der Waals surface area contributed by atoms with Gasteiger partial charge in [-0.25, -0.2) is 9.97 Å². The van der Waals surface area contributed by atoms with Gasteiger partial charge in [0.25, 0.3) is 0 Å². The highest BCUT2D eigenvalue weighted by Crippen LogP contribution is 2.17. The van der Waals surface area contributed by atoms with Crippen LogP contribution in [0.5, 0.6) is 0 Å². The van der Waals surface area contributed by atoms with Gasteiger partial charge in [0.05, 0.1) is 12.2 Å². The summed E-state index contributed by atoms with van der Waals surface area (Å²) in [6.45, 7) is 4.48. The second-order valence-corrected chi connectivity index (χ2v) is 5.44. The van der Waals surface area contributed by atoms with E-state index >= 15 is 0 Å². The molecule has 122 valence electrons. The Morgan fingerprint density at radius 1 is 0.958 bits per heavy atom. The van der Waals surface area contributed by atoms with E-state index in [4.69, 9.17) is 0 Å². The summed E-state index contributed by atoms with van der Waals surface area (Å²) in [4.78, 5) is 15.3. The number of pyridine rings is 1. The van der Waals surface area contributed by atoms with E-state index < -0.39 is 0 Å². The van der Waals surface area contributed by atoms with Gasteiger partial charge in [0.15, 0.2) is 0 Å². The minimum absolute atomic E-state index is 0.641. The molecule has 0 aliphatic heterocycles. The molecule has 0 aliphatic rings. The number of benzene rings is 1. The lowest BCUT2D eigenvalue weighted by Crippen LogP contribution is -2.23. The van der Waals surface area contributed by atoms with Crippen molar-refractivity contribution in [1.29, 1.82) is 0 Å². The third-order valence-electron chi connectivity index (χ3n) is 3.75. The third kappa shape index (κ3) is 4.29. The van der Waals surface area contributed by atoms with Gasteiger partial charge < -0.3 is 10.2 Å². The largest absolute Gasteiger partial charge is 0.364 e. The van der Waals surface area contributed by atoms with Gasteiger partial charge in [-0.3, -0.25) is 4.98 Å². The molecule has 0 fully saturated rings. The summed E-state index contributed by atoms with van der Waals surface area (Å²) in [6, 6.07) is 18.3. The molecule has 0 amide bonds. The van der Waals surface area contributed by atoms with Gasteiger partial charge in [0.2, 0.25) is 0 Å². The minimum Gasteiger partial charge on any atom is -0.364 e. The molecule has 24 heavy (non-hydrogen) atoms. The van der Waals surface area contributed by atoms with Crippen LogP contribution in [0.15, 0.2) is 67.1 Å². The predicted molar refractivity (Wildman–Crippen MR) is 96.8 cm³/mol. The molecular weight excluding hydrogens is 298 g/mol. The Kier molecular flexibility index (Phi) is 5.35. The summed E-state index contributed by atoms with van der Waals surface area (Å²) in [5.41, 5.74) is 2.25. The molecule has 0 bridgehead atoms. The average Bonchev–Trinajstić information content (AvgIpc) is 2.66. The van der Waals surface area contributed by atoms with Crippen molar-refractivity contribution < 1.29 is 0 Å². The smallest absolute Gasteiger partial charge is 0.134 e. The van der Waals surface area contributed by atoms with E-state index in [1.54, 1.807) is 12.5 Å². The summed E-state index contributed by atoms with van der Waals surface area (Å²) in [7, 11) is 0. The van der Waals surface area contributed by atoms with Crippen LogP contribution < -0.4 is 10.2 Å². The number of aromatic nitrogens is 3. The number of nitrogens with zero attached hydrogens (tertiary/aromatic N) is 4. The quantitative estimate of drug-likeness (QED) is 0.722. The van der Waals surface area contributed by atoms with Crippen molar-refractivity contribution in [2.45, 2.75) is 20.0 Å². The number of anilines is 2. The normalized spacial score (nSPS) is 10.4. The molecule has 0 spiro atoms. The second-order valence-electron chi connectivity index (χ2n) is 5.44. The third-order valence-corrected chi connectivity index (χ3v) is 3.75. The maximum atomic E-state index is 4.42. The fraction of sp³-hybridized carbons (Fsp3) is 0.211. The highest BCUT2D eigenvalue weighted by atomic mass is 15.2. The van der Waals surface area contributed by atoms with E-state index in [1.807, 2.05) is 30.3 Å². The van der Waals surface area contributed by atoms with Crippen molar-refractivity contribution in [3.8, 4) is 0 Å². The standard InChI is InChI=1S/C19H21N5/c1-2-24(14-16-8-4-3-5-9-16)19-12-18(22-15-23-19)21-13-17-10-6-7-11-20-17/h3-12,15H,2,13-14H2,1H3,(H,21,22,23). The Morgan fingerprint density at radius 3 is 2.54 bits per heavy atom. The molecule has 2 heterocycles. The molecule has 0 saturated heterocycles. The maximum absolute atomic E-state index is 4.42. The van der Waals surface area contributed by atoms with E-state index in [1.165, 1.54) is 5.56 Å². The molecule has 0 saturated carbocycles. The van der Waals surface area contributed by atoms with Crippen LogP contribution in [0.3, 0.4) is 0 Å². The summed E-state index contributed by atoms with van der Waals surface area (Å²) in [5, 5.41) is 3.30. The van der Waals surface area contributed by atoms with Crippen LogP contribution in [0, 0.1) is 0 Å². The summed E-state index contributed by atoms with van der Waals surface area (Å²) >= 11 is 0. The van der Waals surface area contributed by atoms with Crippen molar-refractivity contribution in [2.75, 3.05) is 16.8 Å². The zero-order valence-corrected chi connectivity index (χ0v) is 13.8. The summed E-state index contributed by atoms with van der Waals surface area (Å²) in [6.07, 6.45) is 3.39. The van der Waals surface area contributed by atoms with Crippen LogP contribution in [0.4, 0.5) is 11.6 Å². The lowest BCUT2D eigenvalue weighted by molar-refractivity contribution is 0.810. The molecular formula is C19H21N5. The zero-order chi connectivity index (χ0) is 16.6. The van der Waals surface area contributed by atoms with Gasteiger partial charge in [-0.05, 0) is 24.6 Å². The first-order valence-corrected chi connectivity index (χ1v) is 8.10. The molecule has 1 aromatic carbocycles. The summed E-state index contributed by atoms with van der Waals surface area (Å²) in [5.74, 6) is 1.72. The van der Waals surface area contributed by atoms with Gasteiger partial charge in [0, 0.05) is 25.4 Å². The second kappa shape index (κ2) is 8.06. The number of nitrogens with one attached hydrogen (secondary N) is 1. The van der Waals surface area contributed by atoms with E-state index in [-0.39, 0.29) is 0 Å². The molecule has 0 aliphatic carbocycles. The SMILES string of the molecule is CCN(Cc1ccccc1)c1cc(NCc2ccccn2)ncn1. The first kappa shape index (κ1) is 15.9. The van der Waals surface area contributed by atoms with Crippen LogP contribution in [0.2, 0.25) is 0 Å². The topological polar surface area (TPSA) is 53.9 Å². The Bertz CT molecular complexity index is 746. The van der Waals surface area contributed by atoms with E-state index in [2.05, 4.69) is 56.4 Å².